The van der Waals surface area contributed by atoms with Crippen molar-refractivity contribution in [2.24, 2.45) is 0 Å². The van der Waals surface area contributed by atoms with E-state index in [4.69, 9.17) is 0 Å². The normalized spacial score (nSPS) is 15.6. The highest BCUT2D eigenvalue weighted by molar-refractivity contribution is 5.32. The van der Waals surface area contributed by atoms with Crippen LogP contribution in [-0.2, 0) is 0 Å². The molecular weight excluding hydrogens is 496 g/mol. The van der Waals surface area contributed by atoms with Crippen molar-refractivity contribution in [3.8, 4) is 0 Å². The Bertz CT molecular complexity index is 1130. The summed E-state index contributed by atoms with van der Waals surface area (Å²) in [6.45, 7) is 20.8. The number of hydrogen-bond acceptors (Lipinski definition) is 1. The van der Waals surface area contributed by atoms with Crippen LogP contribution in [-0.4, -0.2) is 10.7 Å². The smallest absolute Gasteiger partial charge is 0.0591 e. The van der Waals surface area contributed by atoms with Gasteiger partial charge in [-0.15, -0.1) is 0 Å². The van der Waals surface area contributed by atoms with Crippen LogP contribution in [0.1, 0.15) is 101 Å². The van der Waals surface area contributed by atoms with Gasteiger partial charge in [-0.3, -0.25) is 0 Å². The maximum atomic E-state index is 9.82. The van der Waals surface area contributed by atoms with Crippen molar-refractivity contribution in [1.29, 1.82) is 0 Å². The summed E-state index contributed by atoms with van der Waals surface area (Å²) in [5.41, 5.74) is 8.39. The summed E-state index contributed by atoms with van der Waals surface area (Å²) in [4.78, 5) is 0. The molecule has 0 fully saturated rings. The zero-order chi connectivity index (χ0) is 31.1. The van der Waals surface area contributed by atoms with Gasteiger partial charge < -0.3 is 5.11 Å². The summed E-state index contributed by atoms with van der Waals surface area (Å²) in [6, 6.07) is 0. The van der Waals surface area contributed by atoms with E-state index in [1.54, 1.807) is 0 Å². The molecule has 0 unspecified atom stereocenters. The van der Waals surface area contributed by atoms with Gasteiger partial charge in [-0.2, -0.15) is 0 Å². The Balaban J connectivity index is 4.69. The molecule has 0 radical (unpaired) electrons. The molecule has 0 rings (SSSR count). The molecule has 1 heteroatoms. The molecule has 0 aliphatic carbocycles. The first-order valence-corrected chi connectivity index (χ1v) is 15.0. The predicted octanol–water partition coefficient (Wildman–Crippen LogP) is 12.1. The van der Waals surface area contributed by atoms with Crippen LogP contribution >= 0.6 is 0 Å². The highest BCUT2D eigenvalue weighted by Gasteiger charge is 2.10. The van der Waals surface area contributed by atoms with Crippen molar-refractivity contribution in [2.45, 2.75) is 107 Å². The Morgan fingerprint density at radius 3 is 1.27 bits per heavy atom. The van der Waals surface area contributed by atoms with E-state index >= 15 is 0 Å². The van der Waals surface area contributed by atoms with Crippen LogP contribution in [0.25, 0.3) is 0 Å². The number of rotatable bonds is 17. The maximum absolute atomic E-state index is 9.82. The van der Waals surface area contributed by atoms with Crippen molar-refractivity contribution in [1.82, 2.24) is 0 Å². The molecule has 41 heavy (non-hydrogen) atoms. The molecule has 0 aromatic carbocycles. The van der Waals surface area contributed by atoms with Gasteiger partial charge in [0.1, 0.15) is 0 Å². The van der Waals surface area contributed by atoms with E-state index in [0.29, 0.717) is 0 Å². The molecule has 0 saturated heterocycles. The van der Waals surface area contributed by atoms with Gasteiger partial charge >= 0.3 is 0 Å². The molecule has 0 aromatic rings. The molecule has 0 aromatic heterocycles. The standard InChI is InChI=1S/C40H58O/c1-33(2)19-13-22-36(5)25-16-28-37(6)26-14-23-34(3)20-11-12-21-35(4)24-15-27-38(7)29-17-30-39(8)31-18-32-40(9,10)41/h11-12,14-17,19-21,23-30,41H,13,18,22,31-32H2,1-10H3. The van der Waals surface area contributed by atoms with E-state index in [1.165, 1.54) is 39.0 Å². The first-order valence-electron chi connectivity index (χ1n) is 15.0. The minimum Gasteiger partial charge on any atom is -0.390 e. The van der Waals surface area contributed by atoms with E-state index < -0.39 is 5.60 Å². The van der Waals surface area contributed by atoms with Gasteiger partial charge in [-0.05, 0) is 101 Å². The highest BCUT2D eigenvalue weighted by atomic mass is 16.3. The van der Waals surface area contributed by atoms with Gasteiger partial charge in [0.05, 0.1) is 5.60 Å². The fraction of sp³-hybridized carbons (Fsp3) is 0.400. The molecule has 1 N–H and O–H groups in total. The quantitative estimate of drug-likeness (QED) is 0.140. The number of allylic oxidation sites excluding steroid dienone is 24. The van der Waals surface area contributed by atoms with E-state index in [9.17, 15) is 5.11 Å². The summed E-state index contributed by atoms with van der Waals surface area (Å²) in [6.07, 6.45) is 41.4. The third-order valence-corrected chi connectivity index (χ3v) is 6.20. The Kier molecular flexibility index (Phi) is 20.8. The molecule has 0 amide bonds. The molecule has 0 bridgehead atoms. The summed E-state index contributed by atoms with van der Waals surface area (Å²) in [5.74, 6) is 0. The van der Waals surface area contributed by atoms with Gasteiger partial charge in [-0.25, -0.2) is 0 Å². The van der Waals surface area contributed by atoms with Crippen LogP contribution in [0.2, 0.25) is 0 Å². The molecule has 1 nitrogen and oxygen atoms in total. The van der Waals surface area contributed by atoms with Crippen LogP contribution in [0.15, 0.2) is 142 Å². The van der Waals surface area contributed by atoms with E-state index in [1.807, 2.05) is 13.8 Å². The van der Waals surface area contributed by atoms with Gasteiger partial charge in [0.15, 0.2) is 0 Å². The summed E-state index contributed by atoms with van der Waals surface area (Å²) < 4.78 is 0. The van der Waals surface area contributed by atoms with Crippen molar-refractivity contribution >= 4 is 0 Å². The Labute approximate surface area is 253 Å². The second-order valence-corrected chi connectivity index (χ2v) is 12.0. The van der Waals surface area contributed by atoms with Crippen LogP contribution in [0.3, 0.4) is 0 Å². The monoisotopic (exact) mass is 554 g/mol. The minimum atomic E-state index is -0.575. The topological polar surface area (TPSA) is 20.2 Å². The first-order chi connectivity index (χ1) is 19.3. The lowest BCUT2D eigenvalue weighted by molar-refractivity contribution is 0.0689. The molecule has 0 saturated carbocycles. The lowest BCUT2D eigenvalue weighted by Gasteiger charge is -2.16. The second-order valence-electron chi connectivity index (χ2n) is 12.0. The van der Waals surface area contributed by atoms with E-state index in [2.05, 4.69) is 159 Å². The van der Waals surface area contributed by atoms with Crippen molar-refractivity contribution in [3.05, 3.63) is 142 Å². The molecular formula is C40H58O. The molecule has 0 atom stereocenters. The summed E-state index contributed by atoms with van der Waals surface area (Å²) >= 11 is 0. The Morgan fingerprint density at radius 2 is 0.878 bits per heavy atom. The third kappa shape index (κ3) is 26.8. The van der Waals surface area contributed by atoms with Crippen LogP contribution in [0.5, 0.6) is 0 Å². The van der Waals surface area contributed by atoms with Gasteiger partial charge in [0.25, 0.3) is 0 Å². The van der Waals surface area contributed by atoms with Crippen LogP contribution in [0, 0.1) is 0 Å². The largest absolute Gasteiger partial charge is 0.390 e. The maximum Gasteiger partial charge on any atom is 0.0591 e. The highest BCUT2D eigenvalue weighted by Crippen LogP contribution is 2.15. The third-order valence-electron chi connectivity index (χ3n) is 6.20. The average molecular weight is 555 g/mol. The Hall–Kier alpha value is -3.16. The van der Waals surface area contributed by atoms with E-state index in [0.717, 1.165) is 32.1 Å². The Morgan fingerprint density at radius 1 is 0.512 bits per heavy atom. The minimum absolute atomic E-state index is 0.575. The molecule has 0 aliphatic heterocycles. The SMILES string of the molecule is CC(C)=CCCC(C)=CC=CC(C)=CC=CC(C)=CC=CC=C(C)C=CC=C(C)C=CC=C(C)CCCC(C)(C)O. The fourth-order valence-corrected chi connectivity index (χ4v) is 3.62. The molecule has 0 aliphatic rings. The lowest BCUT2D eigenvalue weighted by Crippen LogP contribution is -2.17. The molecule has 0 spiro atoms. The number of hydrogen-bond donors (Lipinski definition) is 1. The van der Waals surface area contributed by atoms with E-state index in [-0.39, 0.29) is 0 Å². The van der Waals surface area contributed by atoms with Crippen molar-refractivity contribution < 1.29 is 5.11 Å². The summed E-state index contributed by atoms with van der Waals surface area (Å²) in [5, 5.41) is 9.82. The van der Waals surface area contributed by atoms with Crippen molar-refractivity contribution in [3.63, 3.8) is 0 Å². The van der Waals surface area contributed by atoms with Crippen molar-refractivity contribution in [2.75, 3.05) is 0 Å². The predicted molar refractivity (Wildman–Crippen MR) is 187 cm³/mol. The first kappa shape index (κ1) is 37.8. The lowest BCUT2D eigenvalue weighted by atomic mass is 9.99. The van der Waals surface area contributed by atoms with Gasteiger partial charge in [0, 0.05) is 0 Å². The average Bonchev–Trinajstić information content (AvgIpc) is 2.85. The summed E-state index contributed by atoms with van der Waals surface area (Å²) in [7, 11) is 0. The number of aliphatic hydroxyl groups is 1. The zero-order valence-electron chi connectivity index (χ0n) is 27.8. The molecule has 0 heterocycles. The zero-order valence-corrected chi connectivity index (χ0v) is 27.8. The fourth-order valence-electron chi connectivity index (χ4n) is 3.62. The van der Waals surface area contributed by atoms with Crippen LogP contribution in [0.4, 0.5) is 0 Å². The second kappa shape index (κ2) is 22.5. The van der Waals surface area contributed by atoms with Gasteiger partial charge in [-0.1, -0.05) is 142 Å². The van der Waals surface area contributed by atoms with Gasteiger partial charge in [0.2, 0.25) is 0 Å². The van der Waals surface area contributed by atoms with Crippen LogP contribution < -0.4 is 0 Å². The molecule has 224 valence electrons.